The highest BCUT2D eigenvalue weighted by atomic mass is 32.2. The molecule has 0 heterocycles. The van der Waals surface area contributed by atoms with Crippen molar-refractivity contribution in [2.45, 2.75) is 17.6 Å². The minimum absolute atomic E-state index is 0.111. The van der Waals surface area contributed by atoms with Gasteiger partial charge < -0.3 is 5.32 Å². The number of halogens is 2. The quantitative estimate of drug-likeness (QED) is 0.898. The molecule has 0 radical (unpaired) electrons. The van der Waals surface area contributed by atoms with E-state index in [1.807, 2.05) is 6.26 Å². The summed E-state index contributed by atoms with van der Waals surface area (Å²) in [6.07, 6.45) is 4.10. The van der Waals surface area contributed by atoms with Crippen molar-refractivity contribution in [3.63, 3.8) is 0 Å². The molecule has 1 aliphatic carbocycles. The second-order valence-electron chi connectivity index (χ2n) is 4.17. The second kappa shape index (κ2) is 4.64. The van der Waals surface area contributed by atoms with Crippen molar-refractivity contribution < 1.29 is 13.6 Å². The summed E-state index contributed by atoms with van der Waals surface area (Å²) in [4.78, 5) is 11.7. The molecule has 5 heteroatoms. The van der Waals surface area contributed by atoms with E-state index in [9.17, 15) is 13.6 Å². The topological polar surface area (TPSA) is 29.1 Å². The van der Waals surface area contributed by atoms with Gasteiger partial charge >= 0.3 is 0 Å². The van der Waals surface area contributed by atoms with Crippen molar-refractivity contribution in [3.8, 4) is 0 Å². The molecule has 1 aromatic rings. The molecule has 2 rings (SSSR count). The Labute approximate surface area is 103 Å². The fourth-order valence-electron chi connectivity index (χ4n) is 1.61. The molecule has 1 amide bonds. The van der Waals surface area contributed by atoms with E-state index in [-0.39, 0.29) is 10.3 Å². The van der Waals surface area contributed by atoms with Crippen LogP contribution in [0.1, 0.15) is 23.2 Å². The van der Waals surface area contributed by atoms with E-state index < -0.39 is 17.5 Å². The van der Waals surface area contributed by atoms with Gasteiger partial charge in [0.25, 0.3) is 5.91 Å². The molecule has 0 spiro atoms. The lowest BCUT2D eigenvalue weighted by Crippen LogP contribution is -2.32. The zero-order chi connectivity index (χ0) is 12.5. The summed E-state index contributed by atoms with van der Waals surface area (Å²) >= 11 is 1.70. The molecule has 0 aliphatic heterocycles. The molecule has 0 aromatic heterocycles. The fourth-order valence-corrected chi connectivity index (χ4v) is 2.34. The van der Waals surface area contributed by atoms with Crippen molar-refractivity contribution in [3.05, 3.63) is 35.4 Å². The van der Waals surface area contributed by atoms with Gasteiger partial charge in [0.2, 0.25) is 0 Å². The summed E-state index contributed by atoms with van der Waals surface area (Å²) in [6.45, 7) is 0.503. The maximum Gasteiger partial charge on any atom is 0.254 e. The highest BCUT2D eigenvalue weighted by Gasteiger charge is 2.42. The van der Waals surface area contributed by atoms with Crippen LogP contribution in [0, 0.1) is 11.6 Å². The zero-order valence-electron chi connectivity index (χ0n) is 9.43. The first kappa shape index (κ1) is 12.4. The number of benzene rings is 1. The predicted octanol–water partition coefficient (Wildman–Crippen LogP) is 2.59. The van der Waals surface area contributed by atoms with Gasteiger partial charge in [-0.05, 0) is 31.2 Å². The van der Waals surface area contributed by atoms with Gasteiger partial charge in [-0.15, -0.1) is 0 Å². The predicted molar refractivity (Wildman–Crippen MR) is 64.2 cm³/mol. The van der Waals surface area contributed by atoms with Crippen LogP contribution in [-0.4, -0.2) is 23.5 Å². The maximum absolute atomic E-state index is 13.3. The van der Waals surface area contributed by atoms with Gasteiger partial charge in [-0.2, -0.15) is 11.8 Å². The fraction of sp³-hybridized carbons (Fsp3) is 0.417. The van der Waals surface area contributed by atoms with E-state index >= 15 is 0 Å². The number of rotatable bonds is 4. The average molecular weight is 257 g/mol. The normalized spacial score (nSPS) is 16.6. The van der Waals surface area contributed by atoms with Gasteiger partial charge in [0.15, 0.2) is 11.6 Å². The van der Waals surface area contributed by atoms with Gasteiger partial charge in [0.1, 0.15) is 0 Å². The van der Waals surface area contributed by atoms with Crippen LogP contribution in [-0.2, 0) is 0 Å². The Balaban J connectivity index is 2.02. The number of amides is 1. The Morgan fingerprint density at radius 1 is 1.47 bits per heavy atom. The van der Waals surface area contributed by atoms with Crippen molar-refractivity contribution in [1.29, 1.82) is 0 Å². The van der Waals surface area contributed by atoms with Crippen LogP contribution in [0.25, 0.3) is 0 Å². The van der Waals surface area contributed by atoms with Gasteiger partial charge in [0.05, 0.1) is 5.56 Å². The Kier molecular flexibility index (Phi) is 3.38. The molecule has 1 aliphatic rings. The highest BCUT2D eigenvalue weighted by Crippen LogP contribution is 2.46. The number of carbonyl (C=O) groups is 1. The summed E-state index contributed by atoms with van der Waals surface area (Å²) in [5.41, 5.74) is -0.234. The number of thioether (sulfide) groups is 1. The Morgan fingerprint density at radius 2 is 2.18 bits per heavy atom. The number of nitrogens with one attached hydrogen (secondary N) is 1. The Morgan fingerprint density at radius 3 is 2.76 bits per heavy atom. The lowest BCUT2D eigenvalue weighted by atomic mass is 10.2. The molecular weight excluding hydrogens is 244 g/mol. The van der Waals surface area contributed by atoms with Gasteiger partial charge in [-0.1, -0.05) is 6.07 Å². The van der Waals surface area contributed by atoms with Crippen LogP contribution in [0.15, 0.2) is 18.2 Å². The monoisotopic (exact) mass is 257 g/mol. The molecule has 1 N–H and O–H groups in total. The standard InChI is InChI=1S/C12H13F2NOS/c1-17-12(5-6-12)7-15-11(16)8-3-2-4-9(13)10(8)14/h2-4H,5-7H2,1H3,(H,15,16). The van der Waals surface area contributed by atoms with Crippen LogP contribution in [0.4, 0.5) is 8.78 Å². The third-order valence-corrected chi connectivity index (χ3v) is 4.43. The summed E-state index contributed by atoms with van der Waals surface area (Å²) in [5.74, 6) is -2.63. The third-order valence-electron chi connectivity index (χ3n) is 3.01. The smallest absolute Gasteiger partial charge is 0.254 e. The van der Waals surface area contributed by atoms with Crippen molar-refractivity contribution in [2.75, 3.05) is 12.8 Å². The molecule has 0 bridgehead atoms. The summed E-state index contributed by atoms with van der Waals surface area (Å²) in [6, 6.07) is 3.61. The average Bonchev–Trinajstić information content (AvgIpc) is 3.10. The van der Waals surface area contributed by atoms with Gasteiger partial charge in [0, 0.05) is 11.3 Å². The van der Waals surface area contributed by atoms with Crippen LogP contribution in [0.3, 0.4) is 0 Å². The first-order valence-electron chi connectivity index (χ1n) is 5.35. The van der Waals surface area contributed by atoms with Crippen molar-refractivity contribution >= 4 is 17.7 Å². The molecule has 92 valence electrons. The third kappa shape index (κ3) is 2.60. The van der Waals surface area contributed by atoms with E-state index in [1.165, 1.54) is 12.1 Å². The van der Waals surface area contributed by atoms with E-state index in [0.29, 0.717) is 6.54 Å². The molecule has 0 atom stereocenters. The van der Waals surface area contributed by atoms with Crippen molar-refractivity contribution in [2.24, 2.45) is 0 Å². The Bertz CT molecular complexity index is 446. The summed E-state index contributed by atoms with van der Waals surface area (Å²) in [7, 11) is 0. The summed E-state index contributed by atoms with van der Waals surface area (Å²) in [5, 5.41) is 2.65. The van der Waals surface area contributed by atoms with E-state index in [4.69, 9.17) is 0 Å². The Hall–Kier alpha value is -1.10. The second-order valence-corrected chi connectivity index (χ2v) is 5.45. The molecule has 1 fully saturated rings. The molecule has 1 aromatic carbocycles. The molecule has 1 saturated carbocycles. The van der Waals surface area contributed by atoms with Gasteiger partial charge in [-0.3, -0.25) is 4.79 Å². The van der Waals surface area contributed by atoms with Crippen LogP contribution in [0.2, 0.25) is 0 Å². The van der Waals surface area contributed by atoms with Crippen molar-refractivity contribution in [1.82, 2.24) is 5.32 Å². The zero-order valence-corrected chi connectivity index (χ0v) is 10.2. The molecule has 17 heavy (non-hydrogen) atoms. The summed E-state index contributed by atoms with van der Waals surface area (Å²) < 4.78 is 26.4. The number of hydrogen-bond acceptors (Lipinski definition) is 2. The largest absolute Gasteiger partial charge is 0.351 e. The van der Waals surface area contributed by atoms with Crippen LogP contribution < -0.4 is 5.32 Å². The van der Waals surface area contributed by atoms with E-state index in [0.717, 1.165) is 18.9 Å². The van der Waals surface area contributed by atoms with E-state index in [1.54, 1.807) is 11.8 Å². The number of carbonyl (C=O) groups excluding carboxylic acids is 1. The van der Waals surface area contributed by atoms with E-state index in [2.05, 4.69) is 5.32 Å². The SMILES string of the molecule is CSC1(CNC(=O)c2cccc(F)c2F)CC1. The first-order valence-corrected chi connectivity index (χ1v) is 6.58. The lowest BCUT2D eigenvalue weighted by Gasteiger charge is -2.13. The van der Waals surface area contributed by atoms with Gasteiger partial charge in [-0.25, -0.2) is 8.78 Å². The number of hydrogen-bond donors (Lipinski definition) is 1. The molecule has 2 nitrogen and oxygen atoms in total. The maximum atomic E-state index is 13.3. The molecular formula is C12H13F2NOS. The van der Waals surface area contributed by atoms with Crippen LogP contribution >= 0.6 is 11.8 Å². The minimum atomic E-state index is -1.08. The highest BCUT2D eigenvalue weighted by molar-refractivity contribution is 8.00. The minimum Gasteiger partial charge on any atom is -0.351 e. The molecule has 0 saturated heterocycles. The van der Waals surface area contributed by atoms with Crippen LogP contribution in [0.5, 0.6) is 0 Å². The molecule has 0 unspecified atom stereocenters. The lowest BCUT2D eigenvalue weighted by molar-refractivity contribution is 0.0948. The first-order chi connectivity index (χ1) is 8.08.